The largest absolute Gasteiger partial charge is 0.384 e. The number of hydrogen-bond acceptors (Lipinski definition) is 3. The van der Waals surface area contributed by atoms with Crippen molar-refractivity contribution in [3.05, 3.63) is 17.0 Å². The van der Waals surface area contributed by atoms with Crippen LogP contribution in [0.4, 0.5) is 0 Å². The molecule has 0 aliphatic rings. The lowest BCUT2D eigenvalue weighted by atomic mass is 9.94. The lowest BCUT2D eigenvalue weighted by Gasteiger charge is -2.23. The molecule has 0 atom stereocenters. The van der Waals surface area contributed by atoms with Gasteiger partial charge in [-0.1, -0.05) is 13.8 Å². The van der Waals surface area contributed by atoms with Crippen molar-refractivity contribution >= 4 is 5.91 Å². The number of aromatic nitrogens is 2. The van der Waals surface area contributed by atoms with Gasteiger partial charge in [0.2, 0.25) is 0 Å². The highest BCUT2D eigenvalue weighted by Crippen LogP contribution is 2.15. The van der Waals surface area contributed by atoms with E-state index >= 15 is 0 Å². The molecule has 1 aromatic heterocycles. The maximum absolute atomic E-state index is 12.1. The van der Waals surface area contributed by atoms with Gasteiger partial charge in [-0.05, 0) is 13.8 Å². The molecule has 1 heterocycles. The van der Waals surface area contributed by atoms with Gasteiger partial charge in [0, 0.05) is 31.8 Å². The summed E-state index contributed by atoms with van der Waals surface area (Å²) in [6.07, 6.45) is 0. The number of rotatable bonds is 5. The van der Waals surface area contributed by atoms with Crippen LogP contribution in [0.1, 0.15) is 35.6 Å². The van der Waals surface area contributed by atoms with Gasteiger partial charge >= 0.3 is 0 Å². The van der Waals surface area contributed by atoms with Crippen molar-refractivity contribution in [1.82, 2.24) is 15.1 Å². The van der Waals surface area contributed by atoms with E-state index < -0.39 is 0 Å². The molecule has 5 nitrogen and oxygen atoms in total. The molecule has 5 heteroatoms. The van der Waals surface area contributed by atoms with Gasteiger partial charge in [0.25, 0.3) is 5.91 Å². The van der Waals surface area contributed by atoms with Gasteiger partial charge in [0.1, 0.15) is 0 Å². The van der Waals surface area contributed by atoms with Gasteiger partial charge in [-0.3, -0.25) is 9.48 Å². The second kappa shape index (κ2) is 5.52. The third-order valence-electron chi connectivity index (χ3n) is 3.00. The van der Waals surface area contributed by atoms with Crippen LogP contribution >= 0.6 is 0 Å². The van der Waals surface area contributed by atoms with E-state index in [9.17, 15) is 4.79 Å². The Balaban J connectivity index is 2.72. The van der Waals surface area contributed by atoms with Crippen molar-refractivity contribution in [3.63, 3.8) is 0 Å². The van der Waals surface area contributed by atoms with Crippen molar-refractivity contribution in [3.8, 4) is 0 Å². The molecule has 1 aromatic rings. The monoisotopic (exact) mass is 253 g/mol. The Morgan fingerprint density at radius 1 is 1.44 bits per heavy atom. The molecular weight excluding hydrogens is 230 g/mol. The molecule has 18 heavy (non-hydrogen) atoms. The summed E-state index contributed by atoms with van der Waals surface area (Å²) >= 11 is 0. The zero-order chi connectivity index (χ0) is 13.9. The normalized spacial score (nSPS) is 11.7. The number of carbonyl (C=O) groups excluding carboxylic acids is 1. The van der Waals surface area contributed by atoms with Crippen LogP contribution in [0.2, 0.25) is 0 Å². The van der Waals surface area contributed by atoms with E-state index in [-0.39, 0.29) is 11.3 Å². The highest BCUT2D eigenvalue weighted by molar-refractivity contribution is 5.96. The summed E-state index contributed by atoms with van der Waals surface area (Å²) in [5.74, 6) is -0.0673. The van der Waals surface area contributed by atoms with E-state index in [1.165, 1.54) is 0 Å². The maximum Gasteiger partial charge on any atom is 0.255 e. The number of nitrogens with one attached hydrogen (secondary N) is 1. The van der Waals surface area contributed by atoms with Crippen molar-refractivity contribution in [1.29, 1.82) is 0 Å². The van der Waals surface area contributed by atoms with Crippen molar-refractivity contribution in [2.24, 2.45) is 12.5 Å². The lowest BCUT2D eigenvalue weighted by Crippen LogP contribution is -2.36. The third-order valence-corrected chi connectivity index (χ3v) is 3.00. The molecule has 0 fully saturated rings. The van der Waals surface area contributed by atoms with Gasteiger partial charge in [0.15, 0.2) is 0 Å². The Bertz CT molecular complexity index is 436. The van der Waals surface area contributed by atoms with Crippen LogP contribution in [-0.2, 0) is 11.8 Å². The molecule has 0 aromatic carbocycles. The Labute approximate surface area is 109 Å². The number of aryl methyl sites for hydroxylation is 2. The highest BCUT2D eigenvalue weighted by Gasteiger charge is 2.22. The zero-order valence-corrected chi connectivity index (χ0v) is 12.1. The number of amides is 1. The van der Waals surface area contributed by atoms with Gasteiger partial charge in [0.05, 0.1) is 17.9 Å². The topological polar surface area (TPSA) is 56.1 Å². The predicted molar refractivity (Wildman–Crippen MR) is 70.7 cm³/mol. The summed E-state index contributed by atoms with van der Waals surface area (Å²) in [7, 11) is 3.51. The van der Waals surface area contributed by atoms with Crippen LogP contribution in [0.5, 0.6) is 0 Å². The van der Waals surface area contributed by atoms with Crippen molar-refractivity contribution < 1.29 is 9.53 Å². The quantitative estimate of drug-likeness (QED) is 0.864. The molecule has 0 spiro atoms. The Morgan fingerprint density at radius 3 is 2.50 bits per heavy atom. The summed E-state index contributed by atoms with van der Waals surface area (Å²) in [6.45, 7) is 9.04. The van der Waals surface area contributed by atoms with E-state index in [1.807, 2.05) is 20.9 Å². The summed E-state index contributed by atoms with van der Waals surface area (Å²) in [5, 5.41) is 7.19. The fourth-order valence-corrected chi connectivity index (χ4v) is 1.95. The fourth-order valence-electron chi connectivity index (χ4n) is 1.95. The number of carbonyl (C=O) groups is 1. The zero-order valence-electron chi connectivity index (χ0n) is 12.1. The summed E-state index contributed by atoms with van der Waals surface area (Å²) < 4.78 is 6.86. The first-order chi connectivity index (χ1) is 8.28. The van der Waals surface area contributed by atoms with E-state index in [2.05, 4.69) is 24.3 Å². The Kier molecular flexibility index (Phi) is 4.51. The third kappa shape index (κ3) is 3.32. The van der Waals surface area contributed by atoms with Gasteiger partial charge in [-0.15, -0.1) is 0 Å². The molecule has 1 rings (SSSR count). The lowest BCUT2D eigenvalue weighted by molar-refractivity contribution is 0.0846. The first-order valence-corrected chi connectivity index (χ1v) is 6.06. The molecular formula is C13H23N3O2. The molecule has 0 radical (unpaired) electrons. The minimum atomic E-state index is -0.0750. The molecule has 1 N–H and O–H groups in total. The second-order valence-corrected chi connectivity index (χ2v) is 5.45. The van der Waals surface area contributed by atoms with Crippen LogP contribution in [0, 0.1) is 19.3 Å². The minimum Gasteiger partial charge on any atom is -0.384 e. The SMILES string of the molecule is COCC(C)(C)CNC(=O)c1c(C)nn(C)c1C. The first kappa shape index (κ1) is 14.7. The standard InChI is InChI=1S/C13H23N3O2/c1-9-11(10(2)16(5)15-9)12(17)14-7-13(3,4)8-18-6/h7-8H2,1-6H3,(H,14,17). The van der Waals surface area contributed by atoms with Crippen molar-refractivity contribution in [2.75, 3.05) is 20.3 Å². The predicted octanol–water partition coefficient (Wildman–Crippen LogP) is 1.44. The van der Waals surface area contributed by atoms with Gasteiger partial charge in [-0.25, -0.2) is 0 Å². The molecule has 0 unspecified atom stereocenters. The Morgan fingerprint density at radius 2 is 2.06 bits per heavy atom. The van der Waals surface area contributed by atoms with Crippen LogP contribution < -0.4 is 5.32 Å². The average molecular weight is 253 g/mol. The van der Waals surface area contributed by atoms with E-state index in [0.717, 1.165) is 11.4 Å². The maximum atomic E-state index is 12.1. The number of methoxy groups -OCH3 is 1. The second-order valence-electron chi connectivity index (χ2n) is 5.45. The van der Waals surface area contributed by atoms with E-state index in [0.29, 0.717) is 18.7 Å². The highest BCUT2D eigenvalue weighted by atomic mass is 16.5. The molecule has 1 amide bonds. The van der Waals surface area contributed by atoms with Crippen LogP contribution in [-0.4, -0.2) is 35.9 Å². The number of ether oxygens (including phenoxy) is 1. The number of nitrogens with zero attached hydrogens (tertiary/aromatic N) is 2. The van der Waals surface area contributed by atoms with Crippen LogP contribution in [0.15, 0.2) is 0 Å². The molecule has 0 aliphatic heterocycles. The smallest absolute Gasteiger partial charge is 0.255 e. The van der Waals surface area contributed by atoms with Gasteiger partial charge < -0.3 is 10.1 Å². The molecule has 102 valence electrons. The minimum absolute atomic E-state index is 0.0673. The number of hydrogen-bond donors (Lipinski definition) is 1. The summed E-state index contributed by atoms with van der Waals surface area (Å²) in [5.41, 5.74) is 2.24. The van der Waals surface area contributed by atoms with Gasteiger partial charge in [-0.2, -0.15) is 5.10 Å². The van der Waals surface area contributed by atoms with E-state index in [1.54, 1.807) is 11.8 Å². The molecule has 0 saturated heterocycles. The molecule has 0 saturated carbocycles. The van der Waals surface area contributed by atoms with Crippen molar-refractivity contribution in [2.45, 2.75) is 27.7 Å². The van der Waals surface area contributed by atoms with E-state index in [4.69, 9.17) is 4.74 Å². The summed E-state index contributed by atoms with van der Waals surface area (Å²) in [6, 6.07) is 0. The average Bonchev–Trinajstić information content (AvgIpc) is 2.50. The Hall–Kier alpha value is -1.36. The fraction of sp³-hybridized carbons (Fsp3) is 0.692. The van der Waals surface area contributed by atoms with Crippen LogP contribution in [0.3, 0.4) is 0 Å². The molecule has 0 bridgehead atoms. The summed E-state index contributed by atoms with van der Waals surface area (Å²) in [4.78, 5) is 12.1. The first-order valence-electron chi connectivity index (χ1n) is 6.06. The molecule has 0 aliphatic carbocycles. The van der Waals surface area contributed by atoms with Crippen LogP contribution in [0.25, 0.3) is 0 Å².